The minimum Gasteiger partial charge on any atom is -0.493 e. The molecule has 0 atom stereocenters. The van der Waals surface area contributed by atoms with E-state index < -0.39 is 0 Å². The molecular formula is C20H24N4O2. The number of hydrogen-bond acceptors (Lipinski definition) is 5. The van der Waals surface area contributed by atoms with E-state index >= 15 is 0 Å². The van der Waals surface area contributed by atoms with E-state index in [9.17, 15) is 0 Å². The number of methoxy groups -OCH3 is 2. The summed E-state index contributed by atoms with van der Waals surface area (Å²) in [6.07, 6.45) is 0. The second-order valence-electron chi connectivity index (χ2n) is 6.55. The highest BCUT2D eigenvalue weighted by atomic mass is 16.5. The van der Waals surface area contributed by atoms with Crippen molar-refractivity contribution in [3.05, 3.63) is 53.1 Å². The summed E-state index contributed by atoms with van der Waals surface area (Å²) in [6.45, 7) is 6.90. The standard InChI is InChI=1S/C20H24N4O2/c1-13(2)15-6-8-16(9-7-15)20-21-23-24(22-20)12-17-11-19(26-5)18(25-4)10-14(17)3/h6-11,13H,12H2,1-5H3. The Labute approximate surface area is 153 Å². The lowest BCUT2D eigenvalue weighted by atomic mass is 10.0. The molecule has 0 unspecified atom stereocenters. The van der Waals surface area contributed by atoms with Crippen molar-refractivity contribution in [3.8, 4) is 22.9 Å². The summed E-state index contributed by atoms with van der Waals surface area (Å²) in [5.74, 6) is 2.53. The van der Waals surface area contributed by atoms with Crippen LogP contribution in [0.5, 0.6) is 11.5 Å². The molecule has 1 aromatic heterocycles. The summed E-state index contributed by atoms with van der Waals surface area (Å²) in [5.41, 5.74) is 4.40. The van der Waals surface area contributed by atoms with Crippen LogP contribution in [-0.4, -0.2) is 34.4 Å². The van der Waals surface area contributed by atoms with Crippen LogP contribution in [0.25, 0.3) is 11.4 Å². The van der Waals surface area contributed by atoms with Crippen molar-refractivity contribution >= 4 is 0 Å². The maximum Gasteiger partial charge on any atom is 0.204 e. The summed E-state index contributed by atoms with van der Waals surface area (Å²) in [4.78, 5) is 1.60. The SMILES string of the molecule is COc1cc(C)c(Cn2nnc(-c3ccc(C(C)C)cc3)n2)cc1OC. The third kappa shape index (κ3) is 3.69. The molecule has 2 aromatic carbocycles. The second-order valence-corrected chi connectivity index (χ2v) is 6.55. The molecule has 136 valence electrons. The van der Waals surface area contributed by atoms with Crippen molar-refractivity contribution in [1.82, 2.24) is 20.2 Å². The fourth-order valence-electron chi connectivity index (χ4n) is 2.79. The molecule has 0 N–H and O–H groups in total. The Morgan fingerprint density at radius 3 is 2.27 bits per heavy atom. The molecule has 3 rings (SSSR count). The van der Waals surface area contributed by atoms with Gasteiger partial charge in [-0.3, -0.25) is 0 Å². The lowest BCUT2D eigenvalue weighted by Crippen LogP contribution is -2.06. The van der Waals surface area contributed by atoms with E-state index in [2.05, 4.69) is 41.4 Å². The molecule has 0 amide bonds. The molecule has 0 saturated carbocycles. The zero-order valence-electron chi connectivity index (χ0n) is 15.9. The van der Waals surface area contributed by atoms with Crippen LogP contribution in [-0.2, 0) is 6.54 Å². The maximum atomic E-state index is 5.38. The zero-order chi connectivity index (χ0) is 18.7. The first-order valence-electron chi connectivity index (χ1n) is 8.61. The van der Waals surface area contributed by atoms with E-state index in [1.54, 1.807) is 19.0 Å². The van der Waals surface area contributed by atoms with Gasteiger partial charge in [0.2, 0.25) is 5.82 Å². The summed E-state index contributed by atoms with van der Waals surface area (Å²) >= 11 is 0. The fourth-order valence-corrected chi connectivity index (χ4v) is 2.79. The zero-order valence-corrected chi connectivity index (χ0v) is 15.9. The predicted molar refractivity (Wildman–Crippen MR) is 101 cm³/mol. The number of benzene rings is 2. The van der Waals surface area contributed by atoms with Gasteiger partial charge in [0, 0.05) is 5.56 Å². The van der Waals surface area contributed by atoms with Crippen LogP contribution in [0.1, 0.15) is 36.5 Å². The molecule has 0 fully saturated rings. The van der Waals surface area contributed by atoms with Gasteiger partial charge in [0.25, 0.3) is 0 Å². The van der Waals surface area contributed by atoms with Crippen molar-refractivity contribution < 1.29 is 9.47 Å². The van der Waals surface area contributed by atoms with Crippen LogP contribution >= 0.6 is 0 Å². The molecule has 0 spiro atoms. The third-order valence-corrected chi connectivity index (χ3v) is 4.44. The van der Waals surface area contributed by atoms with Crippen molar-refractivity contribution in [2.45, 2.75) is 33.2 Å². The largest absolute Gasteiger partial charge is 0.493 e. The van der Waals surface area contributed by atoms with Gasteiger partial charge in [-0.15, -0.1) is 10.2 Å². The van der Waals surface area contributed by atoms with Crippen LogP contribution < -0.4 is 9.47 Å². The second kappa shape index (κ2) is 7.56. The minimum absolute atomic E-state index is 0.501. The third-order valence-electron chi connectivity index (χ3n) is 4.44. The first kappa shape index (κ1) is 17.9. The lowest BCUT2D eigenvalue weighted by molar-refractivity contribution is 0.354. The maximum absolute atomic E-state index is 5.38. The molecule has 0 saturated heterocycles. The van der Waals surface area contributed by atoms with E-state index in [0.29, 0.717) is 29.8 Å². The van der Waals surface area contributed by atoms with Crippen LogP contribution in [0, 0.1) is 6.92 Å². The highest BCUT2D eigenvalue weighted by Gasteiger charge is 2.12. The Morgan fingerprint density at radius 1 is 1.00 bits per heavy atom. The van der Waals surface area contributed by atoms with Gasteiger partial charge in [0.1, 0.15) is 0 Å². The van der Waals surface area contributed by atoms with E-state index in [1.165, 1.54) is 5.56 Å². The number of ether oxygens (including phenoxy) is 2. The Kier molecular flexibility index (Phi) is 5.21. The highest BCUT2D eigenvalue weighted by Crippen LogP contribution is 2.30. The average Bonchev–Trinajstić information content (AvgIpc) is 3.11. The van der Waals surface area contributed by atoms with Crippen molar-refractivity contribution in [2.75, 3.05) is 14.2 Å². The van der Waals surface area contributed by atoms with Gasteiger partial charge in [0.05, 0.1) is 20.8 Å². The minimum atomic E-state index is 0.501. The molecule has 1 heterocycles. The average molecular weight is 352 g/mol. The highest BCUT2D eigenvalue weighted by molar-refractivity contribution is 5.54. The number of tetrazole rings is 1. The quantitative estimate of drug-likeness (QED) is 0.674. The van der Waals surface area contributed by atoms with Crippen molar-refractivity contribution in [2.24, 2.45) is 0 Å². The summed E-state index contributed by atoms with van der Waals surface area (Å²) < 4.78 is 10.7. The van der Waals surface area contributed by atoms with Crippen molar-refractivity contribution in [1.29, 1.82) is 0 Å². The first-order chi connectivity index (χ1) is 12.5. The molecule has 0 aliphatic rings. The van der Waals surface area contributed by atoms with Crippen LogP contribution in [0.4, 0.5) is 0 Å². The van der Waals surface area contributed by atoms with E-state index in [0.717, 1.165) is 16.7 Å². The smallest absolute Gasteiger partial charge is 0.204 e. The Morgan fingerprint density at radius 2 is 1.65 bits per heavy atom. The van der Waals surface area contributed by atoms with Gasteiger partial charge in [-0.1, -0.05) is 38.1 Å². The monoisotopic (exact) mass is 352 g/mol. The number of rotatable bonds is 6. The number of nitrogens with zero attached hydrogens (tertiary/aromatic N) is 4. The van der Waals surface area contributed by atoms with Crippen LogP contribution in [0.15, 0.2) is 36.4 Å². The van der Waals surface area contributed by atoms with Crippen LogP contribution in [0.2, 0.25) is 0 Å². The Bertz CT molecular complexity index is 885. The Hall–Kier alpha value is -2.89. The fraction of sp³-hybridized carbons (Fsp3) is 0.350. The van der Waals surface area contributed by atoms with E-state index in [4.69, 9.17) is 9.47 Å². The number of hydrogen-bond donors (Lipinski definition) is 0. The molecular weight excluding hydrogens is 328 g/mol. The van der Waals surface area contributed by atoms with Gasteiger partial charge in [-0.05, 0) is 46.9 Å². The van der Waals surface area contributed by atoms with Gasteiger partial charge in [-0.25, -0.2) is 0 Å². The normalized spacial score (nSPS) is 11.0. The molecule has 26 heavy (non-hydrogen) atoms. The molecule has 6 heteroatoms. The molecule has 6 nitrogen and oxygen atoms in total. The van der Waals surface area contributed by atoms with Gasteiger partial charge in [-0.2, -0.15) is 4.80 Å². The molecule has 3 aromatic rings. The summed E-state index contributed by atoms with van der Waals surface area (Å²) in [7, 11) is 3.26. The van der Waals surface area contributed by atoms with E-state index in [-0.39, 0.29) is 0 Å². The van der Waals surface area contributed by atoms with Crippen LogP contribution in [0.3, 0.4) is 0 Å². The van der Waals surface area contributed by atoms with Gasteiger partial charge in [0.15, 0.2) is 11.5 Å². The summed E-state index contributed by atoms with van der Waals surface area (Å²) in [6, 6.07) is 12.2. The lowest BCUT2D eigenvalue weighted by Gasteiger charge is -2.12. The van der Waals surface area contributed by atoms with Crippen molar-refractivity contribution in [3.63, 3.8) is 0 Å². The molecule has 0 radical (unpaired) electrons. The topological polar surface area (TPSA) is 62.1 Å². The van der Waals surface area contributed by atoms with E-state index in [1.807, 2.05) is 31.2 Å². The Balaban J connectivity index is 1.82. The molecule has 0 aliphatic carbocycles. The molecule has 0 bridgehead atoms. The number of aromatic nitrogens is 4. The van der Waals surface area contributed by atoms with Gasteiger partial charge < -0.3 is 9.47 Å². The molecule has 0 aliphatic heterocycles. The van der Waals surface area contributed by atoms with Gasteiger partial charge >= 0.3 is 0 Å². The summed E-state index contributed by atoms with van der Waals surface area (Å²) in [5, 5.41) is 12.9. The predicted octanol–water partition coefficient (Wildman–Crippen LogP) is 3.84. The first-order valence-corrected chi connectivity index (χ1v) is 8.61. The number of aryl methyl sites for hydroxylation is 1.